The molecular weight excluding hydrogens is 320 g/mol. The van der Waals surface area contributed by atoms with Gasteiger partial charge in [-0.2, -0.15) is 0 Å². The van der Waals surface area contributed by atoms with Gasteiger partial charge < -0.3 is 10.6 Å². The smallest absolute Gasteiger partial charge is 0.254 e. The van der Waals surface area contributed by atoms with Crippen LogP contribution in [0.1, 0.15) is 45.4 Å². The van der Waals surface area contributed by atoms with E-state index >= 15 is 0 Å². The molecule has 1 aromatic carbocycles. The van der Waals surface area contributed by atoms with E-state index in [4.69, 9.17) is 5.73 Å². The standard InChI is InChI=1S/C19H22N2O2S/c1-13(20)14-8-10-21(11-9-14)19(23)16-6-3-2-5-15(16)18(22)17-7-4-12-24-17/h2-7,12-14H,8-11,20H2,1H3. The van der Waals surface area contributed by atoms with Crippen LogP contribution >= 0.6 is 11.3 Å². The van der Waals surface area contributed by atoms with Gasteiger partial charge in [0.05, 0.1) is 10.4 Å². The number of amides is 1. The quantitative estimate of drug-likeness (QED) is 0.868. The Morgan fingerprint density at radius 1 is 1.12 bits per heavy atom. The van der Waals surface area contributed by atoms with Gasteiger partial charge in [-0.05, 0) is 43.2 Å². The van der Waals surface area contributed by atoms with Crippen LogP contribution in [0.4, 0.5) is 0 Å². The zero-order valence-electron chi connectivity index (χ0n) is 13.8. The number of rotatable bonds is 4. The molecule has 4 nitrogen and oxygen atoms in total. The normalized spacial score (nSPS) is 16.8. The van der Waals surface area contributed by atoms with Gasteiger partial charge in [0.1, 0.15) is 0 Å². The van der Waals surface area contributed by atoms with Crippen molar-refractivity contribution in [3.63, 3.8) is 0 Å². The van der Waals surface area contributed by atoms with Gasteiger partial charge in [-0.1, -0.05) is 24.3 Å². The molecule has 2 heterocycles. The zero-order chi connectivity index (χ0) is 17.1. The van der Waals surface area contributed by atoms with Crippen molar-refractivity contribution < 1.29 is 9.59 Å². The third-order valence-electron chi connectivity index (χ3n) is 4.72. The Hall–Kier alpha value is -1.98. The maximum Gasteiger partial charge on any atom is 0.254 e. The molecule has 1 aliphatic rings. The fraction of sp³-hybridized carbons (Fsp3) is 0.368. The molecule has 2 aromatic rings. The molecule has 1 fully saturated rings. The van der Waals surface area contributed by atoms with Crippen LogP contribution in [-0.4, -0.2) is 35.7 Å². The molecule has 0 radical (unpaired) electrons. The van der Waals surface area contributed by atoms with Gasteiger partial charge in [-0.15, -0.1) is 11.3 Å². The summed E-state index contributed by atoms with van der Waals surface area (Å²) in [6.45, 7) is 3.43. The minimum absolute atomic E-state index is 0.0568. The van der Waals surface area contributed by atoms with Crippen molar-refractivity contribution in [2.45, 2.75) is 25.8 Å². The first kappa shape index (κ1) is 16.9. The Morgan fingerprint density at radius 2 is 1.79 bits per heavy atom. The largest absolute Gasteiger partial charge is 0.339 e. The van der Waals surface area contributed by atoms with Gasteiger partial charge in [0.15, 0.2) is 0 Å². The van der Waals surface area contributed by atoms with Gasteiger partial charge >= 0.3 is 0 Å². The van der Waals surface area contributed by atoms with Crippen LogP contribution in [0.25, 0.3) is 0 Å². The Morgan fingerprint density at radius 3 is 2.38 bits per heavy atom. The Labute approximate surface area is 146 Å². The summed E-state index contributed by atoms with van der Waals surface area (Å²) in [5, 5.41) is 1.87. The number of benzene rings is 1. The predicted molar refractivity (Wildman–Crippen MR) is 96.5 cm³/mol. The van der Waals surface area contributed by atoms with Gasteiger partial charge in [0.2, 0.25) is 5.78 Å². The third-order valence-corrected chi connectivity index (χ3v) is 5.59. The molecule has 1 amide bonds. The maximum absolute atomic E-state index is 12.9. The highest BCUT2D eigenvalue weighted by Crippen LogP contribution is 2.24. The first-order valence-electron chi connectivity index (χ1n) is 8.30. The van der Waals surface area contributed by atoms with Crippen LogP contribution < -0.4 is 5.73 Å². The molecule has 1 saturated heterocycles. The number of carbonyl (C=O) groups excluding carboxylic acids is 2. The number of piperidine rings is 1. The number of ketones is 1. The molecule has 24 heavy (non-hydrogen) atoms. The number of likely N-dealkylation sites (tertiary alicyclic amines) is 1. The molecule has 0 aliphatic carbocycles. The lowest BCUT2D eigenvalue weighted by Gasteiger charge is -2.34. The summed E-state index contributed by atoms with van der Waals surface area (Å²) in [7, 11) is 0. The van der Waals surface area contributed by atoms with E-state index in [1.807, 2.05) is 29.3 Å². The van der Waals surface area contributed by atoms with Gasteiger partial charge in [0, 0.05) is 24.7 Å². The average molecular weight is 342 g/mol. The van der Waals surface area contributed by atoms with E-state index in [0.717, 1.165) is 12.8 Å². The summed E-state index contributed by atoms with van der Waals surface area (Å²) in [5.41, 5.74) is 6.95. The second-order valence-electron chi connectivity index (χ2n) is 6.34. The van der Waals surface area contributed by atoms with Crippen molar-refractivity contribution in [2.24, 2.45) is 11.7 Å². The average Bonchev–Trinajstić information content (AvgIpc) is 3.15. The topological polar surface area (TPSA) is 63.4 Å². The van der Waals surface area contributed by atoms with E-state index in [-0.39, 0.29) is 17.7 Å². The second-order valence-corrected chi connectivity index (χ2v) is 7.29. The molecule has 1 aliphatic heterocycles. The van der Waals surface area contributed by atoms with Crippen molar-refractivity contribution in [2.75, 3.05) is 13.1 Å². The Bertz CT molecular complexity index is 717. The fourth-order valence-electron chi connectivity index (χ4n) is 3.21. The van der Waals surface area contributed by atoms with Crippen LogP contribution in [-0.2, 0) is 0 Å². The molecule has 1 unspecified atom stereocenters. The first-order valence-corrected chi connectivity index (χ1v) is 9.18. The Kier molecular flexibility index (Phi) is 5.11. The highest BCUT2D eigenvalue weighted by atomic mass is 32.1. The van der Waals surface area contributed by atoms with E-state index in [2.05, 4.69) is 0 Å². The summed E-state index contributed by atoms with van der Waals surface area (Å²) in [5.74, 6) is 0.329. The number of nitrogens with two attached hydrogens (primary N) is 1. The number of nitrogens with zero attached hydrogens (tertiary/aromatic N) is 1. The van der Waals surface area contributed by atoms with Crippen LogP contribution in [0.2, 0.25) is 0 Å². The van der Waals surface area contributed by atoms with Crippen molar-refractivity contribution >= 4 is 23.0 Å². The summed E-state index contributed by atoms with van der Waals surface area (Å²) in [6, 6.07) is 10.9. The van der Waals surface area contributed by atoms with Crippen molar-refractivity contribution in [1.82, 2.24) is 4.90 Å². The van der Waals surface area contributed by atoms with Crippen molar-refractivity contribution in [3.05, 3.63) is 57.8 Å². The minimum atomic E-state index is -0.0839. The highest BCUT2D eigenvalue weighted by Gasteiger charge is 2.27. The number of carbonyl (C=O) groups is 2. The monoisotopic (exact) mass is 342 g/mol. The second kappa shape index (κ2) is 7.28. The summed E-state index contributed by atoms with van der Waals surface area (Å²) >= 11 is 1.40. The molecule has 0 bridgehead atoms. The van der Waals surface area contributed by atoms with E-state index in [1.165, 1.54) is 11.3 Å². The number of hydrogen-bond acceptors (Lipinski definition) is 4. The van der Waals surface area contributed by atoms with Crippen LogP contribution in [0.15, 0.2) is 41.8 Å². The summed E-state index contributed by atoms with van der Waals surface area (Å²) < 4.78 is 0. The van der Waals surface area contributed by atoms with Gasteiger partial charge in [0.25, 0.3) is 5.91 Å². The molecule has 1 atom stereocenters. The zero-order valence-corrected chi connectivity index (χ0v) is 14.6. The highest BCUT2D eigenvalue weighted by molar-refractivity contribution is 7.12. The van der Waals surface area contributed by atoms with E-state index in [1.54, 1.807) is 24.3 Å². The van der Waals surface area contributed by atoms with Gasteiger partial charge in [-0.3, -0.25) is 9.59 Å². The molecular formula is C19H22N2O2S. The predicted octanol–water partition coefficient (Wildman–Crippen LogP) is 3.18. The molecule has 126 valence electrons. The van der Waals surface area contributed by atoms with Crippen LogP contribution in [0.3, 0.4) is 0 Å². The van der Waals surface area contributed by atoms with Crippen molar-refractivity contribution in [3.8, 4) is 0 Å². The van der Waals surface area contributed by atoms with E-state index in [0.29, 0.717) is 35.0 Å². The number of hydrogen-bond donors (Lipinski definition) is 1. The van der Waals surface area contributed by atoms with E-state index in [9.17, 15) is 9.59 Å². The molecule has 2 N–H and O–H groups in total. The molecule has 0 saturated carbocycles. The van der Waals surface area contributed by atoms with Crippen molar-refractivity contribution in [1.29, 1.82) is 0 Å². The maximum atomic E-state index is 12.9. The molecule has 1 aromatic heterocycles. The summed E-state index contributed by atoms with van der Waals surface area (Å²) in [6.07, 6.45) is 1.84. The minimum Gasteiger partial charge on any atom is -0.339 e. The van der Waals surface area contributed by atoms with Crippen LogP contribution in [0, 0.1) is 5.92 Å². The molecule has 5 heteroatoms. The molecule has 0 spiro atoms. The first-order chi connectivity index (χ1) is 11.6. The fourth-order valence-corrected chi connectivity index (χ4v) is 3.88. The lowest BCUT2D eigenvalue weighted by atomic mass is 9.90. The third kappa shape index (κ3) is 3.42. The van der Waals surface area contributed by atoms with E-state index < -0.39 is 0 Å². The lowest BCUT2D eigenvalue weighted by Crippen LogP contribution is -2.42. The SMILES string of the molecule is CC(N)C1CCN(C(=O)c2ccccc2C(=O)c2cccs2)CC1. The Balaban J connectivity index is 1.80. The van der Waals surface area contributed by atoms with Gasteiger partial charge in [-0.25, -0.2) is 0 Å². The lowest BCUT2D eigenvalue weighted by molar-refractivity contribution is 0.0677. The summed E-state index contributed by atoms with van der Waals surface area (Å²) in [4.78, 5) is 28.1. The number of thiophene rings is 1. The molecule has 3 rings (SSSR count). The van der Waals surface area contributed by atoms with Crippen LogP contribution in [0.5, 0.6) is 0 Å².